The van der Waals surface area contributed by atoms with Crippen LogP contribution >= 0.6 is 23.2 Å². The van der Waals surface area contributed by atoms with E-state index in [9.17, 15) is 23.9 Å². The van der Waals surface area contributed by atoms with Gasteiger partial charge in [-0.05, 0) is 36.6 Å². The largest absolute Gasteiger partial charge is 0.396 e. The van der Waals surface area contributed by atoms with E-state index in [2.05, 4.69) is 22.6 Å². The number of nitriles is 1. The standard InChI is InChI=1S/C31H28Cl2F3N7O2/c1-5-19(44)41-8-10-42(11-9-41)29-16-12-18(32)27(20-22(34)21(33)23(35)24(36)25(20)38)40-30(16)43(31(45)17(29)13-37)28-15(4)6-7-39-26(28)14(2)3/h5-7,12,14,31,45H,1,8-11,38H2,2-4H3. The number of aliphatic hydroxyl groups excluding tert-OH is 1. The minimum absolute atomic E-state index is 0.0261. The zero-order valence-electron chi connectivity index (χ0n) is 24.5. The summed E-state index contributed by atoms with van der Waals surface area (Å²) in [6, 6.07) is 5.25. The Hall–Kier alpha value is -4.31. The van der Waals surface area contributed by atoms with Crippen molar-refractivity contribution in [3.63, 3.8) is 0 Å². The second-order valence-electron chi connectivity index (χ2n) is 10.9. The maximum atomic E-state index is 15.5. The maximum Gasteiger partial charge on any atom is 0.246 e. The second-order valence-corrected chi connectivity index (χ2v) is 11.7. The Bertz CT molecular complexity index is 1790. The minimum atomic E-state index is -1.66. The first-order valence-electron chi connectivity index (χ1n) is 13.9. The second kappa shape index (κ2) is 12.2. The number of rotatable bonds is 5. The van der Waals surface area contributed by atoms with Crippen LogP contribution in [0.25, 0.3) is 17.0 Å². The molecule has 14 heteroatoms. The number of hydrogen-bond acceptors (Lipinski definition) is 8. The van der Waals surface area contributed by atoms with E-state index in [1.54, 1.807) is 24.1 Å². The first kappa shape index (κ1) is 32.1. The van der Waals surface area contributed by atoms with Crippen molar-refractivity contribution < 1.29 is 23.1 Å². The molecular formula is C31H28Cl2F3N7O2. The molecule has 234 valence electrons. The molecule has 3 N–H and O–H groups in total. The third kappa shape index (κ3) is 5.24. The molecule has 0 spiro atoms. The van der Waals surface area contributed by atoms with Gasteiger partial charge in [0.15, 0.2) is 23.7 Å². The zero-order valence-corrected chi connectivity index (χ0v) is 26.0. The van der Waals surface area contributed by atoms with Gasteiger partial charge in [-0.1, -0.05) is 43.6 Å². The number of carbonyl (C=O) groups excluding carboxylic acids is 1. The van der Waals surface area contributed by atoms with Gasteiger partial charge in [-0.2, -0.15) is 5.26 Å². The van der Waals surface area contributed by atoms with Gasteiger partial charge in [-0.15, -0.1) is 0 Å². The van der Waals surface area contributed by atoms with Crippen LogP contribution in [0.2, 0.25) is 10.0 Å². The first-order valence-corrected chi connectivity index (χ1v) is 14.7. The molecule has 1 saturated heterocycles. The van der Waals surface area contributed by atoms with Crippen LogP contribution in [0, 0.1) is 35.7 Å². The molecule has 2 aromatic heterocycles. The van der Waals surface area contributed by atoms with Gasteiger partial charge in [-0.25, -0.2) is 18.2 Å². The minimum Gasteiger partial charge on any atom is -0.396 e. The lowest BCUT2D eigenvalue weighted by molar-refractivity contribution is -0.127. The summed E-state index contributed by atoms with van der Waals surface area (Å²) in [6.07, 6.45) is 1.22. The Morgan fingerprint density at radius 3 is 2.47 bits per heavy atom. The number of nitrogens with two attached hydrogens (primary N) is 1. The summed E-state index contributed by atoms with van der Waals surface area (Å²) < 4.78 is 44.5. The van der Waals surface area contributed by atoms with E-state index in [1.807, 2.05) is 18.7 Å². The zero-order chi connectivity index (χ0) is 32.9. The van der Waals surface area contributed by atoms with E-state index in [1.165, 1.54) is 17.0 Å². The number of hydrogen-bond donors (Lipinski definition) is 2. The van der Waals surface area contributed by atoms with Crippen LogP contribution in [0.15, 0.2) is 36.6 Å². The SMILES string of the molecule is C=CC(=O)N1CCN(C2=C(C#N)C(O)N(c3c(C)ccnc3C(C)C)c3nc(-c4c(N)c(F)c(F)c(Cl)c4F)c(Cl)cc32)CC1. The van der Waals surface area contributed by atoms with Crippen molar-refractivity contribution in [2.24, 2.45) is 0 Å². The van der Waals surface area contributed by atoms with Gasteiger partial charge >= 0.3 is 0 Å². The molecule has 45 heavy (non-hydrogen) atoms. The molecule has 2 aliphatic rings. The number of piperazine rings is 1. The van der Waals surface area contributed by atoms with Gasteiger partial charge < -0.3 is 20.6 Å². The summed E-state index contributed by atoms with van der Waals surface area (Å²) >= 11 is 12.5. The highest BCUT2D eigenvalue weighted by Crippen LogP contribution is 2.48. The topological polar surface area (TPSA) is 123 Å². The molecule has 0 saturated carbocycles. The maximum absolute atomic E-state index is 15.5. The average Bonchev–Trinajstić information content (AvgIpc) is 3.02. The van der Waals surface area contributed by atoms with E-state index in [0.717, 1.165) is 0 Å². The lowest BCUT2D eigenvalue weighted by atomic mass is 9.94. The summed E-state index contributed by atoms with van der Waals surface area (Å²) in [6.45, 7) is 10.3. The quantitative estimate of drug-likeness (QED) is 0.150. The molecule has 0 radical (unpaired) electrons. The number of fused-ring (bicyclic) bond motifs is 1. The van der Waals surface area contributed by atoms with Crippen molar-refractivity contribution in [2.45, 2.75) is 32.9 Å². The van der Waals surface area contributed by atoms with E-state index < -0.39 is 40.0 Å². The van der Waals surface area contributed by atoms with Crippen molar-refractivity contribution in [2.75, 3.05) is 36.8 Å². The lowest BCUT2D eigenvalue weighted by Gasteiger charge is -2.43. The first-order chi connectivity index (χ1) is 21.3. The van der Waals surface area contributed by atoms with Gasteiger partial charge in [0.25, 0.3) is 0 Å². The van der Waals surface area contributed by atoms with Crippen molar-refractivity contribution >= 4 is 52.0 Å². The van der Waals surface area contributed by atoms with E-state index in [4.69, 9.17) is 28.9 Å². The Labute approximate surface area is 267 Å². The molecule has 0 aliphatic carbocycles. The Morgan fingerprint density at radius 2 is 1.87 bits per heavy atom. The van der Waals surface area contributed by atoms with Crippen molar-refractivity contribution in [1.29, 1.82) is 5.26 Å². The number of benzene rings is 1. The van der Waals surface area contributed by atoms with Crippen molar-refractivity contribution in [3.8, 4) is 17.3 Å². The smallest absolute Gasteiger partial charge is 0.246 e. The van der Waals surface area contributed by atoms with Gasteiger partial charge in [0.05, 0.1) is 39.0 Å². The molecule has 4 heterocycles. The molecule has 1 fully saturated rings. The van der Waals surface area contributed by atoms with Gasteiger partial charge in [-0.3, -0.25) is 14.7 Å². The van der Waals surface area contributed by atoms with Crippen LogP contribution in [0.3, 0.4) is 0 Å². The summed E-state index contributed by atoms with van der Waals surface area (Å²) in [5, 5.41) is 21.0. The number of aromatic nitrogens is 2. The van der Waals surface area contributed by atoms with Gasteiger partial charge in [0.1, 0.15) is 22.5 Å². The van der Waals surface area contributed by atoms with Crippen LogP contribution in [0.1, 0.15) is 36.6 Å². The van der Waals surface area contributed by atoms with E-state index in [0.29, 0.717) is 41.3 Å². The Balaban J connectivity index is 1.82. The number of carbonyl (C=O) groups is 1. The summed E-state index contributed by atoms with van der Waals surface area (Å²) in [4.78, 5) is 26.2. The molecule has 1 atom stereocenters. The average molecular weight is 659 g/mol. The van der Waals surface area contributed by atoms with Gasteiger partial charge in [0.2, 0.25) is 5.91 Å². The van der Waals surface area contributed by atoms with E-state index >= 15 is 4.39 Å². The monoisotopic (exact) mass is 657 g/mol. The van der Waals surface area contributed by atoms with Crippen LogP contribution in [0.5, 0.6) is 0 Å². The molecular weight excluding hydrogens is 630 g/mol. The van der Waals surface area contributed by atoms with Crippen LogP contribution in [-0.2, 0) is 4.79 Å². The fourth-order valence-electron chi connectivity index (χ4n) is 5.67. The number of anilines is 3. The molecule has 1 aromatic carbocycles. The van der Waals surface area contributed by atoms with E-state index in [-0.39, 0.29) is 47.0 Å². The highest BCUT2D eigenvalue weighted by atomic mass is 35.5. The number of pyridine rings is 2. The van der Waals surface area contributed by atoms with Crippen LogP contribution in [-0.4, -0.2) is 63.2 Å². The number of amides is 1. The highest BCUT2D eigenvalue weighted by molar-refractivity contribution is 6.34. The van der Waals surface area contributed by atoms with Gasteiger partial charge in [0, 0.05) is 37.9 Å². The number of nitrogens with zero attached hydrogens (tertiary/aromatic N) is 6. The molecule has 1 unspecified atom stereocenters. The lowest BCUT2D eigenvalue weighted by Crippen LogP contribution is -2.49. The van der Waals surface area contributed by atoms with Crippen LogP contribution < -0.4 is 10.6 Å². The molecule has 3 aromatic rings. The van der Waals surface area contributed by atoms with Crippen molar-refractivity contribution in [1.82, 2.24) is 19.8 Å². The third-order valence-corrected chi connectivity index (χ3v) is 8.50. The molecule has 2 aliphatic heterocycles. The predicted octanol–water partition coefficient (Wildman–Crippen LogP) is 5.92. The molecule has 9 nitrogen and oxygen atoms in total. The van der Waals surface area contributed by atoms with Crippen LogP contribution in [0.4, 0.5) is 30.4 Å². The molecule has 1 amide bonds. The number of nitrogen functional groups attached to an aromatic ring is 1. The predicted molar refractivity (Wildman–Crippen MR) is 166 cm³/mol. The highest BCUT2D eigenvalue weighted by Gasteiger charge is 2.40. The fourth-order valence-corrected chi connectivity index (χ4v) is 6.09. The summed E-state index contributed by atoms with van der Waals surface area (Å²) in [5.74, 6) is -4.97. The fraction of sp³-hybridized carbons (Fsp3) is 0.290. The summed E-state index contributed by atoms with van der Waals surface area (Å²) in [5.41, 5.74) is 6.15. The molecule has 5 rings (SSSR count). The molecule has 0 bridgehead atoms. The number of halogens is 5. The normalized spacial score (nSPS) is 16.6. The number of aliphatic hydroxyl groups is 1. The Kier molecular flexibility index (Phi) is 8.72. The summed E-state index contributed by atoms with van der Waals surface area (Å²) in [7, 11) is 0. The number of aryl methyl sites for hydroxylation is 1. The Morgan fingerprint density at radius 1 is 1.20 bits per heavy atom. The van der Waals surface area contributed by atoms with Crippen molar-refractivity contribution in [3.05, 3.63) is 80.9 Å². The third-order valence-electron chi connectivity index (χ3n) is 7.88.